The van der Waals surface area contributed by atoms with Gasteiger partial charge in [0.25, 0.3) is 0 Å². The molecule has 0 aliphatic carbocycles. The normalized spacial score (nSPS) is 10.4. The van der Waals surface area contributed by atoms with Crippen LogP contribution >= 0.6 is 0 Å². The molecule has 1 radical (unpaired) electrons. The largest absolute Gasteiger partial charge is 0.507 e. The number of aryl methyl sites for hydroxylation is 1. The number of benzene rings is 2. The molecule has 0 bridgehead atoms. The number of hydrogen-bond acceptors (Lipinski definition) is 2. The average molecular weight is 185 g/mol. The Balaban J connectivity index is 2.96. The van der Waals surface area contributed by atoms with Gasteiger partial charge in [-0.2, -0.15) is 0 Å². The molecule has 0 aliphatic rings. The van der Waals surface area contributed by atoms with Crippen LogP contribution in [0.4, 0.5) is 5.69 Å². The van der Waals surface area contributed by atoms with Crippen molar-refractivity contribution in [3.8, 4) is 5.75 Å². The molecule has 69 valence electrons. The molecule has 3 nitrogen and oxygen atoms in total. The first-order valence-corrected chi connectivity index (χ1v) is 4.30. The first-order valence-electron chi connectivity index (χ1n) is 4.30. The highest BCUT2D eigenvalue weighted by molar-refractivity contribution is 5.97. The molecule has 0 unspecified atom stereocenters. The van der Waals surface area contributed by atoms with Crippen LogP contribution < -0.4 is 5.53 Å². The van der Waals surface area contributed by atoms with Crippen molar-refractivity contribution in [2.24, 2.45) is 5.11 Å². The first-order chi connectivity index (χ1) is 6.74. The lowest BCUT2D eigenvalue weighted by Gasteiger charge is -2.05. The van der Waals surface area contributed by atoms with E-state index in [9.17, 15) is 5.11 Å². The van der Waals surface area contributed by atoms with Crippen LogP contribution in [0.5, 0.6) is 5.75 Å². The molecule has 14 heavy (non-hydrogen) atoms. The Morgan fingerprint density at radius 2 is 1.86 bits per heavy atom. The maximum absolute atomic E-state index is 9.75. The van der Waals surface area contributed by atoms with Gasteiger partial charge in [-0.05, 0) is 24.1 Å². The highest BCUT2D eigenvalue weighted by Gasteiger charge is 2.07. The second-order valence-corrected chi connectivity index (χ2v) is 3.21. The Labute approximate surface area is 81.5 Å². The van der Waals surface area contributed by atoms with E-state index in [0.717, 1.165) is 5.39 Å². The Kier molecular flexibility index (Phi) is 1.93. The standard InChI is InChI=1S/C11H9N2O/c1-7-6-10(13-12)8-4-2-3-5-9(8)11(7)14/h2-6,14H,1H3. The zero-order valence-electron chi connectivity index (χ0n) is 7.73. The molecule has 0 saturated carbocycles. The van der Waals surface area contributed by atoms with Gasteiger partial charge in [0, 0.05) is 10.8 Å². The summed E-state index contributed by atoms with van der Waals surface area (Å²) in [7, 11) is 0. The van der Waals surface area contributed by atoms with Gasteiger partial charge < -0.3 is 5.11 Å². The minimum Gasteiger partial charge on any atom is -0.507 e. The average Bonchev–Trinajstić information content (AvgIpc) is 2.23. The molecule has 3 heteroatoms. The van der Waals surface area contributed by atoms with Crippen LogP contribution in [0.2, 0.25) is 0 Å². The quantitative estimate of drug-likeness (QED) is 0.682. The third-order valence-corrected chi connectivity index (χ3v) is 2.29. The predicted molar refractivity (Wildman–Crippen MR) is 54.6 cm³/mol. The Morgan fingerprint density at radius 3 is 2.50 bits per heavy atom. The summed E-state index contributed by atoms with van der Waals surface area (Å²) >= 11 is 0. The number of nitrogens with zero attached hydrogens (tertiary/aromatic N) is 2. The number of rotatable bonds is 1. The van der Waals surface area contributed by atoms with Crippen molar-refractivity contribution < 1.29 is 5.11 Å². The van der Waals surface area contributed by atoms with E-state index in [1.54, 1.807) is 19.1 Å². The van der Waals surface area contributed by atoms with Crippen molar-refractivity contribution in [3.05, 3.63) is 35.9 Å². The number of aromatic hydroxyl groups is 1. The second kappa shape index (κ2) is 3.10. The van der Waals surface area contributed by atoms with Crippen LogP contribution in [0.1, 0.15) is 5.56 Å². The van der Waals surface area contributed by atoms with Gasteiger partial charge in [0.15, 0.2) is 0 Å². The summed E-state index contributed by atoms with van der Waals surface area (Å²) in [5.74, 6) is 0.244. The van der Waals surface area contributed by atoms with Crippen molar-refractivity contribution in [3.63, 3.8) is 0 Å². The summed E-state index contributed by atoms with van der Waals surface area (Å²) in [4.78, 5) is 0. The van der Waals surface area contributed by atoms with Crippen molar-refractivity contribution in [1.82, 2.24) is 5.53 Å². The topological polar surface area (TPSA) is 54.9 Å². The molecule has 2 rings (SSSR count). The fraction of sp³-hybridized carbons (Fsp3) is 0.0909. The summed E-state index contributed by atoms with van der Waals surface area (Å²) in [6, 6.07) is 8.93. The predicted octanol–water partition coefficient (Wildman–Crippen LogP) is 2.74. The summed E-state index contributed by atoms with van der Waals surface area (Å²) in [6.07, 6.45) is 0. The van der Waals surface area contributed by atoms with Gasteiger partial charge in [-0.1, -0.05) is 24.3 Å². The van der Waals surface area contributed by atoms with Crippen LogP contribution in [0.25, 0.3) is 10.8 Å². The van der Waals surface area contributed by atoms with Crippen molar-refractivity contribution in [1.29, 1.82) is 0 Å². The molecule has 0 spiro atoms. The van der Waals surface area contributed by atoms with Crippen LogP contribution in [-0.2, 0) is 0 Å². The summed E-state index contributed by atoms with van der Waals surface area (Å²) < 4.78 is 0. The molecule has 0 saturated heterocycles. The lowest BCUT2D eigenvalue weighted by molar-refractivity contribution is 0.477. The summed E-state index contributed by atoms with van der Waals surface area (Å²) in [6.45, 7) is 1.77. The molecule has 0 aliphatic heterocycles. The van der Waals surface area contributed by atoms with E-state index < -0.39 is 0 Å². The van der Waals surface area contributed by atoms with Gasteiger partial charge in [-0.3, -0.25) is 0 Å². The lowest BCUT2D eigenvalue weighted by atomic mass is 10.0. The zero-order valence-corrected chi connectivity index (χ0v) is 7.73. The Hall–Kier alpha value is -1.90. The SMILES string of the molecule is Cc1cc(N=[N])c2ccccc2c1O. The van der Waals surface area contributed by atoms with E-state index in [4.69, 9.17) is 5.53 Å². The van der Waals surface area contributed by atoms with E-state index in [1.165, 1.54) is 0 Å². The van der Waals surface area contributed by atoms with Gasteiger partial charge in [0.2, 0.25) is 0 Å². The van der Waals surface area contributed by atoms with Gasteiger partial charge in [-0.15, -0.1) is 5.11 Å². The van der Waals surface area contributed by atoms with Crippen LogP contribution in [0.15, 0.2) is 35.4 Å². The lowest BCUT2D eigenvalue weighted by Crippen LogP contribution is -1.79. The third-order valence-electron chi connectivity index (χ3n) is 2.29. The molecular formula is C11H9N2O. The zero-order chi connectivity index (χ0) is 10.1. The van der Waals surface area contributed by atoms with E-state index in [1.807, 2.05) is 18.2 Å². The van der Waals surface area contributed by atoms with Gasteiger partial charge in [0.05, 0.1) is 5.69 Å². The summed E-state index contributed by atoms with van der Waals surface area (Å²) in [5, 5.41) is 14.4. The molecule has 2 aromatic rings. The Morgan fingerprint density at radius 1 is 1.21 bits per heavy atom. The van der Waals surface area contributed by atoms with Crippen molar-refractivity contribution in [2.75, 3.05) is 0 Å². The highest BCUT2D eigenvalue weighted by Crippen LogP contribution is 2.34. The molecule has 0 amide bonds. The fourth-order valence-electron chi connectivity index (χ4n) is 1.56. The minimum absolute atomic E-state index is 0.244. The first kappa shape index (κ1) is 8.69. The molecule has 1 N–H and O–H groups in total. The van der Waals surface area contributed by atoms with Crippen molar-refractivity contribution in [2.45, 2.75) is 6.92 Å². The monoisotopic (exact) mass is 185 g/mol. The van der Waals surface area contributed by atoms with E-state index in [0.29, 0.717) is 16.6 Å². The van der Waals surface area contributed by atoms with E-state index >= 15 is 0 Å². The van der Waals surface area contributed by atoms with E-state index in [-0.39, 0.29) is 5.75 Å². The molecule has 2 aromatic carbocycles. The molecule has 0 fully saturated rings. The fourth-order valence-corrected chi connectivity index (χ4v) is 1.56. The van der Waals surface area contributed by atoms with Gasteiger partial charge >= 0.3 is 0 Å². The number of phenolic OH excluding ortho intramolecular Hbond substituents is 1. The van der Waals surface area contributed by atoms with E-state index in [2.05, 4.69) is 5.11 Å². The maximum Gasteiger partial charge on any atom is 0.126 e. The summed E-state index contributed by atoms with van der Waals surface area (Å²) in [5.41, 5.74) is 9.98. The van der Waals surface area contributed by atoms with Gasteiger partial charge in [-0.25, -0.2) is 0 Å². The van der Waals surface area contributed by atoms with Crippen LogP contribution in [-0.4, -0.2) is 5.11 Å². The molecule has 0 heterocycles. The number of phenols is 1. The molecule has 0 atom stereocenters. The number of fused-ring (bicyclic) bond motifs is 1. The van der Waals surface area contributed by atoms with Gasteiger partial charge in [0.1, 0.15) is 5.75 Å². The van der Waals surface area contributed by atoms with Crippen LogP contribution in [0, 0.1) is 6.92 Å². The maximum atomic E-state index is 9.75. The van der Waals surface area contributed by atoms with Crippen LogP contribution in [0.3, 0.4) is 0 Å². The Bertz CT molecular complexity index is 506. The molecule has 0 aromatic heterocycles. The molecular weight excluding hydrogens is 176 g/mol. The highest BCUT2D eigenvalue weighted by atomic mass is 16.3. The number of hydrogen-bond donors (Lipinski definition) is 1. The van der Waals surface area contributed by atoms with Crippen molar-refractivity contribution >= 4 is 16.5 Å². The third kappa shape index (κ3) is 1.14. The second-order valence-electron chi connectivity index (χ2n) is 3.21. The minimum atomic E-state index is 0.244. The smallest absolute Gasteiger partial charge is 0.126 e.